The zero-order valence-corrected chi connectivity index (χ0v) is 18.0. The summed E-state index contributed by atoms with van der Waals surface area (Å²) in [7, 11) is 0. The molecule has 7 nitrogen and oxygen atoms in total. The number of nitrogens with zero attached hydrogens (tertiary/aromatic N) is 4. The number of hydrogen-bond donors (Lipinski definition) is 0. The van der Waals surface area contributed by atoms with Crippen LogP contribution in [0, 0.1) is 6.92 Å². The Morgan fingerprint density at radius 1 is 1.06 bits per heavy atom. The lowest BCUT2D eigenvalue weighted by Crippen LogP contribution is -2.31. The topological polar surface area (TPSA) is 69.5 Å². The van der Waals surface area contributed by atoms with E-state index in [9.17, 15) is 4.79 Å². The molecule has 1 saturated heterocycles. The van der Waals surface area contributed by atoms with Gasteiger partial charge in [-0.2, -0.15) is 0 Å². The predicted molar refractivity (Wildman–Crippen MR) is 116 cm³/mol. The number of carbonyl (C=O) groups is 1. The second-order valence-electron chi connectivity index (χ2n) is 7.78. The van der Waals surface area contributed by atoms with Gasteiger partial charge < -0.3 is 14.4 Å². The van der Waals surface area contributed by atoms with Crippen LogP contribution in [0.5, 0.6) is 11.5 Å². The molecule has 31 heavy (non-hydrogen) atoms. The van der Waals surface area contributed by atoms with Crippen molar-refractivity contribution in [2.45, 2.75) is 32.2 Å². The first kappa shape index (κ1) is 19.9. The molecule has 2 aliphatic rings. The quantitative estimate of drug-likeness (QED) is 0.607. The minimum Gasteiger partial charge on any atom is -0.490 e. The SMILES string of the molecule is Cc1nc(C(=O)N2CCC[C@H]2c2ccc3c(c2)OCCCO3)nn1-c1ccc(Cl)cc1. The van der Waals surface area contributed by atoms with Gasteiger partial charge in [-0.05, 0) is 61.7 Å². The lowest BCUT2D eigenvalue weighted by molar-refractivity contribution is 0.0723. The number of aryl methyl sites for hydroxylation is 1. The smallest absolute Gasteiger partial charge is 0.294 e. The molecule has 160 valence electrons. The fourth-order valence-electron chi connectivity index (χ4n) is 4.18. The van der Waals surface area contributed by atoms with Crippen molar-refractivity contribution in [1.29, 1.82) is 0 Å². The number of aromatic nitrogens is 3. The van der Waals surface area contributed by atoms with Crippen LogP contribution in [0.15, 0.2) is 42.5 Å². The summed E-state index contributed by atoms with van der Waals surface area (Å²) in [6.07, 6.45) is 2.68. The van der Waals surface area contributed by atoms with Crippen LogP contribution in [0.25, 0.3) is 5.69 Å². The third kappa shape index (κ3) is 3.85. The Labute approximate surface area is 185 Å². The van der Waals surface area contributed by atoms with Crippen LogP contribution < -0.4 is 9.47 Å². The second kappa shape index (κ2) is 8.23. The van der Waals surface area contributed by atoms with Crippen LogP contribution in [-0.2, 0) is 0 Å². The number of amides is 1. The average Bonchev–Trinajstić information content (AvgIpc) is 3.34. The van der Waals surface area contributed by atoms with Crippen LogP contribution >= 0.6 is 11.6 Å². The summed E-state index contributed by atoms with van der Waals surface area (Å²) in [5.41, 5.74) is 1.86. The molecule has 0 saturated carbocycles. The molecule has 1 fully saturated rings. The zero-order chi connectivity index (χ0) is 21.4. The van der Waals surface area contributed by atoms with E-state index in [0.717, 1.165) is 42.0 Å². The van der Waals surface area contributed by atoms with Gasteiger partial charge in [0.05, 0.1) is 24.9 Å². The molecule has 0 N–H and O–H groups in total. The Bertz CT molecular complexity index is 1110. The van der Waals surface area contributed by atoms with Crippen molar-refractivity contribution in [2.75, 3.05) is 19.8 Å². The number of rotatable bonds is 3. The van der Waals surface area contributed by atoms with E-state index in [2.05, 4.69) is 10.1 Å². The zero-order valence-electron chi connectivity index (χ0n) is 17.3. The Morgan fingerprint density at radius 2 is 1.84 bits per heavy atom. The monoisotopic (exact) mass is 438 g/mol. The lowest BCUT2D eigenvalue weighted by Gasteiger charge is -2.24. The third-order valence-electron chi connectivity index (χ3n) is 5.70. The number of hydrogen-bond acceptors (Lipinski definition) is 5. The number of carbonyl (C=O) groups excluding carboxylic acids is 1. The van der Waals surface area contributed by atoms with Crippen molar-refractivity contribution in [3.63, 3.8) is 0 Å². The van der Waals surface area contributed by atoms with E-state index in [1.807, 2.05) is 42.2 Å². The molecule has 0 aliphatic carbocycles. The second-order valence-corrected chi connectivity index (χ2v) is 8.22. The van der Waals surface area contributed by atoms with Crippen LogP contribution in [0.1, 0.15) is 47.3 Å². The Balaban J connectivity index is 1.41. The van der Waals surface area contributed by atoms with Crippen LogP contribution in [0.4, 0.5) is 0 Å². The molecule has 2 aromatic carbocycles. The Kier molecular flexibility index (Phi) is 5.28. The summed E-state index contributed by atoms with van der Waals surface area (Å²) in [6, 6.07) is 13.2. The number of likely N-dealkylation sites (tertiary alicyclic amines) is 1. The molecule has 0 unspecified atom stereocenters. The molecule has 1 amide bonds. The van der Waals surface area contributed by atoms with Crippen molar-refractivity contribution >= 4 is 17.5 Å². The fraction of sp³-hybridized carbons (Fsp3) is 0.348. The van der Waals surface area contributed by atoms with E-state index in [4.69, 9.17) is 21.1 Å². The van der Waals surface area contributed by atoms with Crippen LogP contribution in [0.2, 0.25) is 5.02 Å². The predicted octanol–water partition coefficient (Wildman–Crippen LogP) is 4.37. The summed E-state index contributed by atoms with van der Waals surface area (Å²) in [6.45, 7) is 3.80. The van der Waals surface area contributed by atoms with Crippen molar-refractivity contribution < 1.29 is 14.3 Å². The van der Waals surface area contributed by atoms with Gasteiger partial charge in [0.15, 0.2) is 11.5 Å². The minimum atomic E-state index is -0.162. The molecule has 2 aliphatic heterocycles. The number of fused-ring (bicyclic) bond motifs is 1. The lowest BCUT2D eigenvalue weighted by atomic mass is 10.0. The highest BCUT2D eigenvalue weighted by atomic mass is 35.5. The molecular weight excluding hydrogens is 416 g/mol. The number of benzene rings is 2. The maximum absolute atomic E-state index is 13.3. The Morgan fingerprint density at radius 3 is 2.65 bits per heavy atom. The minimum absolute atomic E-state index is 0.0348. The van der Waals surface area contributed by atoms with Gasteiger partial charge in [0, 0.05) is 18.0 Å². The molecular formula is C23H23ClN4O3. The van der Waals surface area contributed by atoms with Gasteiger partial charge in [-0.3, -0.25) is 4.79 Å². The highest BCUT2D eigenvalue weighted by molar-refractivity contribution is 6.30. The summed E-state index contributed by atoms with van der Waals surface area (Å²) >= 11 is 5.99. The van der Waals surface area contributed by atoms with E-state index in [1.54, 1.807) is 16.8 Å². The first-order valence-corrected chi connectivity index (χ1v) is 10.9. The van der Waals surface area contributed by atoms with Gasteiger partial charge in [0.2, 0.25) is 5.82 Å². The van der Waals surface area contributed by atoms with Crippen molar-refractivity contribution in [3.05, 3.63) is 64.7 Å². The Hall–Kier alpha value is -3.06. The van der Waals surface area contributed by atoms with Crippen molar-refractivity contribution in [1.82, 2.24) is 19.7 Å². The molecule has 8 heteroatoms. The maximum atomic E-state index is 13.3. The molecule has 3 heterocycles. The van der Waals surface area contributed by atoms with Gasteiger partial charge in [-0.15, -0.1) is 5.10 Å². The normalized spacial score (nSPS) is 18.1. The van der Waals surface area contributed by atoms with Crippen LogP contribution in [0.3, 0.4) is 0 Å². The van der Waals surface area contributed by atoms with E-state index < -0.39 is 0 Å². The van der Waals surface area contributed by atoms with Crippen LogP contribution in [-0.4, -0.2) is 45.3 Å². The van der Waals surface area contributed by atoms with Gasteiger partial charge in [-0.1, -0.05) is 17.7 Å². The number of ether oxygens (including phenoxy) is 2. The van der Waals surface area contributed by atoms with E-state index in [-0.39, 0.29) is 17.8 Å². The van der Waals surface area contributed by atoms with Gasteiger partial charge in [-0.25, -0.2) is 9.67 Å². The van der Waals surface area contributed by atoms with E-state index in [1.165, 1.54) is 0 Å². The standard InChI is InChI=1S/C23H23ClN4O3/c1-15-25-22(26-28(15)18-8-6-17(24)7-9-18)23(29)27-11-2-4-19(27)16-5-10-20-21(14-16)31-13-3-12-30-20/h5-10,14,19H,2-4,11-13H2,1H3/t19-/m0/s1. The summed E-state index contributed by atoms with van der Waals surface area (Å²) in [5.74, 6) is 2.20. The highest BCUT2D eigenvalue weighted by Crippen LogP contribution is 2.38. The molecule has 3 aromatic rings. The molecule has 5 rings (SSSR count). The van der Waals surface area contributed by atoms with Crippen molar-refractivity contribution in [3.8, 4) is 17.2 Å². The average molecular weight is 439 g/mol. The fourth-order valence-corrected chi connectivity index (χ4v) is 4.31. The summed E-state index contributed by atoms with van der Waals surface area (Å²) in [5, 5.41) is 5.14. The highest BCUT2D eigenvalue weighted by Gasteiger charge is 2.33. The molecule has 1 aromatic heterocycles. The largest absolute Gasteiger partial charge is 0.490 e. The first-order valence-electron chi connectivity index (χ1n) is 10.5. The van der Waals surface area contributed by atoms with E-state index in [0.29, 0.717) is 30.6 Å². The maximum Gasteiger partial charge on any atom is 0.294 e. The van der Waals surface area contributed by atoms with Crippen molar-refractivity contribution in [2.24, 2.45) is 0 Å². The molecule has 0 bridgehead atoms. The summed E-state index contributed by atoms with van der Waals surface area (Å²) in [4.78, 5) is 19.6. The molecule has 1 atom stereocenters. The van der Waals surface area contributed by atoms with E-state index >= 15 is 0 Å². The first-order chi connectivity index (χ1) is 15.1. The molecule has 0 radical (unpaired) electrons. The summed E-state index contributed by atoms with van der Waals surface area (Å²) < 4.78 is 13.2. The van der Waals surface area contributed by atoms with Gasteiger partial charge in [0.1, 0.15) is 5.82 Å². The third-order valence-corrected chi connectivity index (χ3v) is 5.95. The molecule has 0 spiro atoms. The van der Waals surface area contributed by atoms with Gasteiger partial charge in [0.25, 0.3) is 5.91 Å². The number of halogens is 1. The van der Waals surface area contributed by atoms with Gasteiger partial charge >= 0.3 is 0 Å².